The number of hydrogen-bond donors (Lipinski definition) is 0. The van der Waals surface area contributed by atoms with Crippen molar-refractivity contribution in [3.05, 3.63) is 36.0 Å². The van der Waals surface area contributed by atoms with Crippen LogP contribution in [-0.4, -0.2) is 45.8 Å². The van der Waals surface area contributed by atoms with Gasteiger partial charge in [-0.1, -0.05) is 18.2 Å². The fourth-order valence-corrected chi connectivity index (χ4v) is 4.10. The molecule has 4 rings (SSSR count). The van der Waals surface area contributed by atoms with E-state index in [1.807, 2.05) is 51.7 Å². The van der Waals surface area contributed by atoms with Crippen molar-refractivity contribution in [1.29, 1.82) is 0 Å². The van der Waals surface area contributed by atoms with Gasteiger partial charge in [0.1, 0.15) is 6.54 Å². The molecule has 1 saturated heterocycles. The lowest BCUT2D eigenvalue weighted by atomic mass is 10.1. The Labute approximate surface area is 139 Å². The van der Waals surface area contributed by atoms with Crippen LogP contribution in [0.4, 0.5) is 0 Å². The van der Waals surface area contributed by atoms with Crippen LogP contribution >= 0.6 is 11.8 Å². The molecule has 0 spiro atoms. The zero-order chi connectivity index (χ0) is 15.8. The maximum atomic E-state index is 12.5. The monoisotopic (exact) mass is 328 g/mol. The fourth-order valence-electron chi connectivity index (χ4n) is 3.20. The van der Waals surface area contributed by atoms with Crippen molar-refractivity contribution in [2.75, 3.05) is 24.6 Å². The molecule has 2 aromatic rings. The van der Waals surface area contributed by atoms with Crippen LogP contribution in [0, 0.1) is 5.92 Å². The lowest BCUT2D eigenvalue weighted by Gasteiger charge is -2.26. The van der Waals surface area contributed by atoms with Crippen LogP contribution in [-0.2, 0) is 11.3 Å². The summed E-state index contributed by atoms with van der Waals surface area (Å²) >= 11 is 1.90. The van der Waals surface area contributed by atoms with Crippen molar-refractivity contribution >= 4 is 34.4 Å². The third kappa shape index (κ3) is 2.90. The first-order chi connectivity index (χ1) is 11.2. The summed E-state index contributed by atoms with van der Waals surface area (Å²) in [6.07, 6.45) is 3.90. The highest BCUT2D eigenvalue weighted by Crippen LogP contribution is 2.35. The van der Waals surface area contributed by atoms with E-state index in [4.69, 9.17) is 0 Å². The minimum Gasteiger partial charge on any atom is -0.339 e. The maximum Gasteiger partial charge on any atom is 0.242 e. The van der Waals surface area contributed by atoms with E-state index >= 15 is 0 Å². The van der Waals surface area contributed by atoms with E-state index in [-0.39, 0.29) is 17.6 Å². The molecular weight excluding hydrogens is 308 g/mol. The number of Topliss-reactive ketones (excluding diaryl/α,β-unsaturated/α-hetero) is 1. The molecule has 1 aliphatic carbocycles. The highest BCUT2D eigenvalue weighted by molar-refractivity contribution is 7.99. The van der Waals surface area contributed by atoms with Gasteiger partial charge in [0.15, 0.2) is 5.78 Å². The molecule has 2 aliphatic rings. The number of aromatic nitrogens is 1. The van der Waals surface area contributed by atoms with E-state index in [0.29, 0.717) is 6.54 Å². The van der Waals surface area contributed by atoms with E-state index < -0.39 is 0 Å². The Hall–Kier alpha value is -1.75. The molecule has 1 aromatic carbocycles. The highest BCUT2D eigenvalue weighted by Gasteiger charge is 2.32. The minimum absolute atomic E-state index is 0.150. The number of para-hydroxylation sites is 1. The Morgan fingerprint density at radius 2 is 1.87 bits per heavy atom. The van der Waals surface area contributed by atoms with Gasteiger partial charge in [0.05, 0.1) is 0 Å². The lowest BCUT2D eigenvalue weighted by molar-refractivity contribution is -0.131. The summed E-state index contributed by atoms with van der Waals surface area (Å²) in [5.74, 6) is 2.62. The summed E-state index contributed by atoms with van der Waals surface area (Å²) in [6.45, 7) is 1.98. The molecule has 1 aromatic heterocycles. The Balaban J connectivity index is 1.64. The van der Waals surface area contributed by atoms with Crippen LogP contribution in [0.5, 0.6) is 0 Å². The zero-order valence-electron chi connectivity index (χ0n) is 13.0. The standard InChI is InChI=1S/C18H20N2O2S/c21-17(19-7-9-23-10-8-19)12-20-11-15(18(22)13-5-6-13)14-3-1-2-4-16(14)20/h1-4,11,13H,5-10,12H2. The van der Waals surface area contributed by atoms with E-state index in [1.54, 1.807) is 0 Å². The highest BCUT2D eigenvalue weighted by atomic mass is 32.2. The van der Waals surface area contributed by atoms with Gasteiger partial charge in [-0.25, -0.2) is 0 Å². The molecule has 0 N–H and O–H groups in total. The average Bonchev–Trinajstić information content (AvgIpc) is 3.38. The fraction of sp³-hybridized carbons (Fsp3) is 0.444. The molecule has 120 valence electrons. The van der Waals surface area contributed by atoms with Crippen molar-refractivity contribution in [2.24, 2.45) is 5.92 Å². The number of hydrogen-bond acceptors (Lipinski definition) is 3. The summed E-state index contributed by atoms with van der Waals surface area (Å²) in [5.41, 5.74) is 1.77. The van der Waals surface area contributed by atoms with Gasteiger partial charge in [0.25, 0.3) is 0 Å². The normalized spacial score (nSPS) is 18.3. The summed E-state index contributed by atoms with van der Waals surface area (Å²) in [4.78, 5) is 27.0. The molecule has 5 heteroatoms. The van der Waals surface area contributed by atoms with E-state index in [0.717, 1.165) is 53.9 Å². The molecule has 2 heterocycles. The zero-order valence-corrected chi connectivity index (χ0v) is 13.8. The van der Waals surface area contributed by atoms with Gasteiger partial charge >= 0.3 is 0 Å². The molecular formula is C18H20N2O2S. The number of carbonyl (C=O) groups is 2. The largest absolute Gasteiger partial charge is 0.339 e. The van der Waals surface area contributed by atoms with Gasteiger partial charge in [-0.3, -0.25) is 9.59 Å². The van der Waals surface area contributed by atoms with Crippen molar-refractivity contribution in [3.8, 4) is 0 Å². The van der Waals surface area contributed by atoms with Gasteiger partial charge in [0.2, 0.25) is 5.91 Å². The third-order valence-corrected chi connectivity index (χ3v) is 5.61. The van der Waals surface area contributed by atoms with Crippen molar-refractivity contribution < 1.29 is 9.59 Å². The number of fused-ring (bicyclic) bond motifs is 1. The number of benzene rings is 1. The van der Waals surface area contributed by atoms with Gasteiger partial charge in [-0.2, -0.15) is 11.8 Å². The van der Waals surface area contributed by atoms with E-state index in [9.17, 15) is 9.59 Å². The second-order valence-electron chi connectivity index (χ2n) is 6.32. The molecule has 1 amide bonds. The second-order valence-corrected chi connectivity index (χ2v) is 7.54. The Morgan fingerprint density at radius 1 is 1.13 bits per heavy atom. The quantitative estimate of drug-likeness (QED) is 0.811. The van der Waals surface area contributed by atoms with E-state index in [1.165, 1.54) is 0 Å². The molecule has 2 fully saturated rings. The first kappa shape index (κ1) is 14.8. The van der Waals surface area contributed by atoms with Crippen LogP contribution in [0.1, 0.15) is 23.2 Å². The molecule has 0 unspecified atom stereocenters. The molecule has 0 atom stereocenters. The van der Waals surface area contributed by atoms with Crippen molar-refractivity contribution in [3.63, 3.8) is 0 Å². The summed E-state index contributed by atoms with van der Waals surface area (Å²) < 4.78 is 1.95. The SMILES string of the molecule is O=C(c1cn(CC(=O)N2CCSCC2)c2ccccc12)C1CC1. The summed E-state index contributed by atoms with van der Waals surface area (Å²) in [6, 6.07) is 7.91. The van der Waals surface area contributed by atoms with Gasteiger partial charge in [-0.15, -0.1) is 0 Å². The molecule has 4 nitrogen and oxygen atoms in total. The third-order valence-electron chi connectivity index (χ3n) is 4.67. The second kappa shape index (κ2) is 6.04. The number of rotatable bonds is 4. The summed E-state index contributed by atoms with van der Waals surface area (Å²) in [5, 5.41) is 0.978. The van der Waals surface area contributed by atoms with Gasteiger partial charge in [0, 0.05) is 53.2 Å². The number of ketones is 1. The number of nitrogens with zero attached hydrogens (tertiary/aromatic N) is 2. The molecule has 1 aliphatic heterocycles. The first-order valence-corrected chi connectivity index (χ1v) is 9.37. The smallest absolute Gasteiger partial charge is 0.242 e. The Kier molecular flexibility index (Phi) is 3.89. The van der Waals surface area contributed by atoms with Crippen molar-refractivity contribution in [1.82, 2.24) is 9.47 Å². The van der Waals surface area contributed by atoms with Crippen molar-refractivity contribution in [2.45, 2.75) is 19.4 Å². The van der Waals surface area contributed by atoms with Crippen LogP contribution in [0.15, 0.2) is 30.5 Å². The number of thioether (sulfide) groups is 1. The molecule has 0 radical (unpaired) electrons. The minimum atomic E-state index is 0.150. The number of amides is 1. The van der Waals surface area contributed by atoms with Crippen LogP contribution in [0.3, 0.4) is 0 Å². The molecule has 0 bridgehead atoms. The topological polar surface area (TPSA) is 42.3 Å². The maximum absolute atomic E-state index is 12.5. The van der Waals surface area contributed by atoms with Crippen LogP contribution in [0.2, 0.25) is 0 Å². The predicted molar refractivity (Wildman–Crippen MR) is 92.9 cm³/mol. The lowest BCUT2D eigenvalue weighted by Crippen LogP contribution is -2.39. The average molecular weight is 328 g/mol. The van der Waals surface area contributed by atoms with Crippen LogP contribution < -0.4 is 0 Å². The molecule has 1 saturated carbocycles. The van der Waals surface area contributed by atoms with Gasteiger partial charge in [-0.05, 0) is 18.9 Å². The van der Waals surface area contributed by atoms with E-state index in [2.05, 4.69) is 0 Å². The summed E-state index contributed by atoms with van der Waals surface area (Å²) in [7, 11) is 0. The van der Waals surface area contributed by atoms with Crippen LogP contribution in [0.25, 0.3) is 10.9 Å². The Bertz CT molecular complexity index is 757. The van der Waals surface area contributed by atoms with Gasteiger partial charge < -0.3 is 9.47 Å². The Morgan fingerprint density at radius 3 is 2.61 bits per heavy atom. The predicted octanol–water partition coefficient (Wildman–Crippen LogP) is 2.81. The number of carbonyl (C=O) groups excluding carboxylic acids is 2. The first-order valence-electron chi connectivity index (χ1n) is 8.21. The molecule has 23 heavy (non-hydrogen) atoms.